The topological polar surface area (TPSA) is 63.9 Å². The maximum absolute atomic E-state index is 13.1. The van der Waals surface area contributed by atoms with Crippen LogP contribution < -0.4 is 10.1 Å². The number of amides is 1. The van der Waals surface area contributed by atoms with Gasteiger partial charge >= 0.3 is 0 Å². The average Bonchev–Trinajstić information content (AvgIpc) is 3.40. The van der Waals surface area contributed by atoms with Crippen LogP contribution in [0.2, 0.25) is 5.02 Å². The predicted octanol–water partition coefficient (Wildman–Crippen LogP) is 3.89. The van der Waals surface area contributed by atoms with Crippen LogP contribution in [0.25, 0.3) is 6.08 Å². The molecule has 2 aliphatic rings. The summed E-state index contributed by atoms with van der Waals surface area (Å²) < 4.78 is 29.9. The van der Waals surface area contributed by atoms with Gasteiger partial charge in [0.15, 0.2) is 5.11 Å². The van der Waals surface area contributed by atoms with Gasteiger partial charge in [-0.15, -0.1) is 0 Å². The molecule has 6 nitrogen and oxygen atoms in total. The van der Waals surface area contributed by atoms with Gasteiger partial charge in [0.05, 0.1) is 17.7 Å². The number of halogens is 2. The highest BCUT2D eigenvalue weighted by Gasteiger charge is 2.33. The molecule has 0 bridgehead atoms. The molecule has 1 unspecified atom stereocenters. The first kappa shape index (κ1) is 19.9. The second-order valence-electron chi connectivity index (χ2n) is 6.71. The molecule has 2 fully saturated rings. The number of nitrogens with zero attached hydrogens (tertiary/aromatic N) is 1. The number of furan rings is 1. The van der Waals surface area contributed by atoms with Gasteiger partial charge in [-0.25, -0.2) is 4.39 Å². The Bertz CT molecular complexity index is 971. The molecule has 0 spiro atoms. The van der Waals surface area contributed by atoms with E-state index in [0.717, 1.165) is 19.4 Å². The lowest BCUT2D eigenvalue weighted by atomic mass is 10.2. The van der Waals surface area contributed by atoms with Crippen molar-refractivity contribution < 1.29 is 23.1 Å². The number of carbonyl (C=O) groups excluding carboxylic acids is 1. The van der Waals surface area contributed by atoms with E-state index >= 15 is 0 Å². The van der Waals surface area contributed by atoms with Gasteiger partial charge in [0.25, 0.3) is 5.91 Å². The zero-order valence-corrected chi connectivity index (χ0v) is 16.9. The van der Waals surface area contributed by atoms with Crippen molar-refractivity contribution in [1.82, 2.24) is 10.2 Å². The Labute approximate surface area is 177 Å². The van der Waals surface area contributed by atoms with Gasteiger partial charge in [-0.2, -0.15) is 0 Å². The van der Waals surface area contributed by atoms with E-state index in [0.29, 0.717) is 34.6 Å². The highest BCUT2D eigenvalue weighted by Crippen LogP contribution is 2.26. The van der Waals surface area contributed by atoms with Crippen molar-refractivity contribution in [3.63, 3.8) is 0 Å². The van der Waals surface area contributed by atoms with Gasteiger partial charge in [-0.1, -0.05) is 11.6 Å². The fourth-order valence-corrected chi connectivity index (χ4v) is 3.65. The van der Waals surface area contributed by atoms with E-state index in [1.807, 2.05) is 0 Å². The summed E-state index contributed by atoms with van der Waals surface area (Å²) in [6, 6.07) is 7.35. The van der Waals surface area contributed by atoms with E-state index in [1.165, 1.54) is 23.1 Å². The lowest BCUT2D eigenvalue weighted by molar-refractivity contribution is -0.123. The summed E-state index contributed by atoms with van der Waals surface area (Å²) in [5, 5.41) is 3.46. The normalized spacial score (nSPS) is 20.6. The number of ether oxygens (including phenoxy) is 2. The maximum atomic E-state index is 13.1. The molecule has 0 radical (unpaired) electrons. The molecule has 2 aliphatic heterocycles. The minimum absolute atomic E-state index is 0.0173. The second-order valence-corrected chi connectivity index (χ2v) is 7.50. The van der Waals surface area contributed by atoms with E-state index in [9.17, 15) is 9.18 Å². The molecule has 4 rings (SSSR count). The SMILES string of the molecule is O=C1/C(=C\c2ccc(COc3ccc(F)cc3Cl)o2)NC(=S)N1CC1CCCO1. The molecule has 0 aliphatic carbocycles. The number of carbonyl (C=O) groups is 1. The third-order valence-electron chi connectivity index (χ3n) is 4.61. The van der Waals surface area contributed by atoms with Crippen molar-refractivity contribution in [2.45, 2.75) is 25.6 Å². The Morgan fingerprint density at radius 2 is 2.24 bits per heavy atom. The molecule has 152 valence electrons. The maximum Gasteiger partial charge on any atom is 0.276 e. The van der Waals surface area contributed by atoms with E-state index in [1.54, 1.807) is 18.2 Å². The molecule has 29 heavy (non-hydrogen) atoms. The van der Waals surface area contributed by atoms with Crippen LogP contribution in [0, 0.1) is 5.82 Å². The Morgan fingerprint density at radius 1 is 1.38 bits per heavy atom. The lowest BCUT2D eigenvalue weighted by Crippen LogP contribution is -2.37. The summed E-state index contributed by atoms with van der Waals surface area (Å²) >= 11 is 11.2. The number of hydrogen-bond acceptors (Lipinski definition) is 5. The van der Waals surface area contributed by atoms with Gasteiger partial charge in [0, 0.05) is 12.7 Å². The zero-order valence-electron chi connectivity index (χ0n) is 15.3. The Morgan fingerprint density at radius 3 is 3.00 bits per heavy atom. The van der Waals surface area contributed by atoms with Gasteiger partial charge in [0.1, 0.15) is 35.4 Å². The van der Waals surface area contributed by atoms with Crippen molar-refractivity contribution in [1.29, 1.82) is 0 Å². The summed E-state index contributed by atoms with van der Waals surface area (Å²) in [5.41, 5.74) is 0.344. The van der Waals surface area contributed by atoms with E-state index in [4.69, 9.17) is 37.7 Å². The predicted molar refractivity (Wildman–Crippen MR) is 109 cm³/mol. The fourth-order valence-electron chi connectivity index (χ4n) is 3.16. The van der Waals surface area contributed by atoms with Gasteiger partial charge in [0.2, 0.25) is 0 Å². The van der Waals surface area contributed by atoms with E-state index in [-0.39, 0.29) is 23.6 Å². The zero-order chi connectivity index (χ0) is 20.4. The molecular formula is C20H18ClFN2O4S. The molecule has 1 N–H and O–H groups in total. The summed E-state index contributed by atoms with van der Waals surface area (Å²) in [4.78, 5) is 14.1. The minimum atomic E-state index is -0.436. The largest absolute Gasteiger partial charge is 0.484 e. The summed E-state index contributed by atoms with van der Waals surface area (Å²) in [6.07, 6.45) is 3.53. The van der Waals surface area contributed by atoms with Gasteiger partial charge < -0.3 is 19.2 Å². The Kier molecular flexibility index (Phi) is 5.84. The molecule has 2 saturated heterocycles. The number of benzene rings is 1. The number of thiocarbonyl (C=S) groups is 1. The van der Waals surface area contributed by atoms with Crippen molar-refractivity contribution in [2.75, 3.05) is 13.2 Å². The summed E-state index contributed by atoms with van der Waals surface area (Å²) in [7, 11) is 0. The molecule has 1 amide bonds. The molecule has 1 atom stereocenters. The molecule has 3 heterocycles. The Hall–Kier alpha value is -2.42. The minimum Gasteiger partial charge on any atom is -0.484 e. The van der Waals surface area contributed by atoms with Crippen LogP contribution in [0.15, 0.2) is 40.4 Å². The van der Waals surface area contributed by atoms with Crippen molar-refractivity contribution in [3.05, 3.63) is 58.4 Å². The number of nitrogens with one attached hydrogen (secondary N) is 1. The quantitative estimate of drug-likeness (QED) is 0.547. The van der Waals surface area contributed by atoms with Crippen LogP contribution in [0.3, 0.4) is 0 Å². The van der Waals surface area contributed by atoms with Crippen LogP contribution >= 0.6 is 23.8 Å². The molecule has 1 aromatic carbocycles. The first-order valence-electron chi connectivity index (χ1n) is 9.12. The molecule has 2 aromatic rings. The van der Waals surface area contributed by atoms with Crippen LogP contribution in [-0.4, -0.2) is 35.2 Å². The van der Waals surface area contributed by atoms with Crippen molar-refractivity contribution >= 4 is 40.9 Å². The summed E-state index contributed by atoms with van der Waals surface area (Å²) in [6.45, 7) is 1.27. The van der Waals surface area contributed by atoms with Crippen LogP contribution in [0.4, 0.5) is 4.39 Å². The van der Waals surface area contributed by atoms with E-state index in [2.05, 4.69) is 5.32 Å². The third kappa shape index (κ3) is 4.60. The Balaban J connectivity index is 1.39. The van der Waals surface area contributed by atoms with Crippen molar-refractivity contribution in [2.24, 2.45) is 0 Å². The van der Waals surface area contributed by atoms with Crippen LogP contribution in [0.5, 0.6) is 5.75 Å². The smallest absolute Gasteiger partial charge is 0.276 e. The standard InChI is InChI=1S/C20H18ClFN2O4S/c21-16-8-12(22)3-6-18(16)27-11-15-5-4-13(28-15)9-17-19(25)24(20(29)23-17)10-14-2-1-7-26-14/h3-6,8-9,14H,1-2,7,10-11H2,(H,23,29)/b17-9+. The van der Waals surface area contributed by atoms with Crippen LogP contribution in [0.1, 0.15) is 24.4 Å². The molecule has 0 saturated carbocycles. The first-order valence-corrected chi connectivity index (χ1v) is 9.91. The van der Waals surface area contributed by atoms with Crippen LogP contribution in [-0.2, 0) is 16.1 Å². The summed E-state index contributed by atoms with van der Waals surface area (Å²) in [5.74, 6) is 0.715. The highest BCUT2D eigenvalue weighted by atomic mass is 35.5. The van der Waals surface area contributed by atoms with Gasteiger partial charge in [-0.05, 0) is 55.4 Å². The lowest BCUT2D eigenvalue weighted by Gasteiger charge is -2.18. The number of rotatable bonds is 6. The molecular weight excluding hydrogens is 419 g/mol. The number of hydrogen-bond donors (Lipinski definition) is 1. The highest BCUT2D eigenvalue weighted by molar-refractivity contribution is 7.80. The van der Waals surface area contributed by atoms with Crippen molar-refractivity contribution in [3.8, 4) is 5.75 Å². The monoisotopic (exact) mass is 436 g/mol. The molecule has 1 aromatic heterocycles. The van der Waals surface area contributed by atoms with E-state index < -0.39 is 5.82 Å². The third-order valence-corrected chi connectivity index (χ3v) is 5.22. The second kappa shape index (κ2) is 8.52. The van der Waals surface area contributed by atoms with Gasteiger partial charge in [-0.3, -0.25) is 9.69 Å². The average molecular weight is 437 g/mol. The first-order chi connectivity index (χ1) is 14.0. The molecule has 9 heteroatoms. The fraction of sp³-hybridized carbons (Fsp3) is 0.300.